The minimum absolute atomic E-state index is 0.0589. The summed E-state index contributed by atoms with van der Waals surface area (Å²) in [5, 5.41) is 15.0. The number of fused-ring (bicyclic) bond motifs is 2. The Labute approximate surface area is 214 Å². The molecule has 7 nitrogen and oxygen atoms in total. The van der Waals surface area contributed by atoms with Crippen LogP contribution in [0, 0.1) is 6.92 Å². The number of benzene rings is 3. The van der Waals surface area contributed by atoms with Crippen molar-refractivity contribution in [2.24, 2.45) is 5.10 Å². The molecule has 3 aromatic carbocycles. The van der Waals surface area contributed by atoms with Crippen LogP contribution in [0.15, 0.2) is 82.7 Å². The smallest absolute Gasteiger partial charge is 0.416 e. The van der Waals surface area contributed by atoms with E-state index in [1.165, 1.54) is 18.3 Å². The number of carboxylic acid groups (broad SMARTS) is 1. The van der Waals surface area contributed by atoms with E-state index >= 15 is 0 Å². The van der Waals surface area contributed by atoms with Gasteiger partial charge < -0.3 is 9.67 Å². The molecule has 0 radical (unpaired) electrons. The van der Waals surface area contributed by atoms with Gasteiger partial charge in [-0.25, -0.2) is 9.78 Å². The summed E-state index contributed by atoms with van der Waals surface area (Å²) in [5.74, 6) is -1.07. The van der Waals surface area contributed by atoms with Crippen molar-refractivity contribution in [3.63, 3.8) is 0 Å². The summed E-state index contributed by atoms with van der Waals surface area (Å²) in [5.41, 5.74) is 0.798. The Morgan fingerprint density at radius 2 is 1.71 bits per heavy atom. The number of rotatable bonds is 5. The van der Waals surface area contributed by atoms with Gasteiger partial charge in [-0.3, -0.25) is 4.79 Å². The third-order valence-corrected chi connectivity index (χ3v) is 6.45. The molecule has 2 aromatic heterocycles. The zero-order valence-corrected chi connectivity index (χ0v) is 20.3. The first kappa shape index (κ1) is 24.9. The number of halogens is 3. The molecule has 0 aliphatic heterocycles. The molecule has 5 aromatic rings. The molecule has 1 N–H and O–H groups in total. The molecule has 5 rings (SSSR count). The van der Waals surface area contributed by atoms with E-state index in [0.29, 0.717) is 27.7 Å². The minimum Gasteiger partial charge on any atom is -0.480 e. The van der Waals surface area contributed by atoms with Crippen LogP contribution in [-0.2, 0) is 11.0 Å². The molecule has 1 atom stereocenters. The molecule has 0 fully saturated rings. The lowest BCUT2D eigenvalue weighted by atomic mass is 10.1. The van der Waals surface area contributed by atoms with Crippen molar-refractivity contribution in [2.45, 2.75) is 26.1 Å². The van der Waals surface area contributed by atoms with Crippen molar-refractivity contribution in [1.82, 2.24) is 14.2 Å². The minimum atomic E-state index is -4.58. The van der Waals surface area contributed by atoms with Gasteiger partial charge in [0.05, 0.1) is 22.7 Å². The van der Waals surface area contributed by atoms with Crippen molar-refractivity contribution in [3.05, 3.63) is 100.0 Å². The standard InChI is InChI=1S/C28H21F3N4O3/c1-16-22(20-10-4-6-13-24(20)34(16)17(2)27(37)38)15-32-35-25(18-8-7-9-19(14-18)28(29,30)31)33-23-12-5-3-11-21(23)26(35)36/h3-15,17H,1-2H3,(H,37,38)/t17-/m0/s1. The van der Waals surface area contributed by atoms with Crippen LogP contribution in [0.2, 0.25) is 0 Å². The van der Waals surface area contributed by atoms with Crippen LogP contribution in [0.5, 0.6) is 0 Å². The third kappa shape index (κ3) is 4.23. The fraction of sp³-hybridized carbons (Fsp3) is 0.143. The molecule has 10 heteroatoms. The van der Waals surface area contributed by atoms with Crippen LogP contribution in [0.3, 0.4) is 0 Å². The Morgan fingerprint density at radius 3 is 2.42 bits per heavy atom. The summed E-state index contributed by atoms with van der Waals surface area (Å²) in [6, 6.07) is 17.4. The van der Waals surface area contributed by atoms with E-state index in [1.54, 1.807) is 60.9 Å². The Hall–Kier alpha value is -4.73. The second-order valence-electron chi connectivity index (χ2n) is 8.79. The Morgan fingerprint density at radius 1 is 1.03 bits per heavy atom. The third-order valence-electron chi connectivity index (χ3n) is 6.45. The zero-order valence-electron chi connectivity index (χ0n) is 20.3. The maximum absolute atomic E-state index is 13.5. The summed E-state index contributed by atoms with van der Waals surface area (Å²) >= 11 is 0. The summed E-state index contributed by atoms with van der Waals surface area (Å²) in [4.78, 5) is 29.7. The average molecular weight is 518 g/mol. The lowest BCUT2D eigenvalue weighted by Crippen LogP contribution is -2.20. The normalized spacial score (nSPS) is 13.0. The van der Waals surface area contributed by atoms with Gasteiger partial charge in [0.1, 0.15) is 6.04 Å². The van der Waals surface area contributed by atoms with Crippen molar-refractivity contribution in [1.29, 1.82) is 0 Å². The zero-order chi connectivity index (χ0) is 27.2. The van der Waals surface area contributed by atoms with Gasteiger partial charge in [-0.05, 0) is 44.2 Å². The molecule has 0 aliphatic carbocycles. The van der Waals surface area contributed by atoms with Crippen molar-refractivity contribution in [2.75, 3.05) is 0 Å². The predicted octanol–water partition coefficient (Wildman–Crippen LogP) is 5.87. The van der Waals surface area contributed by atoms with Gasteiger partial charge in [-0.15, -0.1) is 0 Å². The van der Waals surface area contributed by atoms with E-state index in [0.717, 1.165) is 16.8 Å². The number of carboxylic acids is 1. The van der Waals surface area contributed by atoms with E-state index in [4.69, 9.17) is 0 Å². The molecule has 2 heterocycles. The van der Waals surface area contributed by atoms with Crippen molar-refractivity contribution < 1.29 is 23.1 Å². The molecule has 0 saturated heterocycles. The van der Waals surface area contributed by atoms with E-state index in [-0.39, 0.29) is 16.8 Å². The van der Waals surface area contributed by atoms with Crippen LogP contribution < -0.4 is 5.56 Å². The van der Waals surface area contributed by atoms with E-state index in [9.17, 15) is 27.9 Å². The van der Waals surface area contributed by atoms with Crippen LogP contribution in [0.1, 0.15) is 29.8 Å². The summed E-state index contributed by atoms with van der Waals surface area (Å²) < 4.78 is 43.0. The van der Waals surface area contributed by atoms with Gasteiger partial charge >= 0.3 is 12.1 Å². The molecule has 0 unspecified atom stereocenters. The van der Waals surface area contributed by atoms with Gasteiger partial charge in [0, 0.05) is 27.7 Å². The molecular formula is C28H21F3N4O3. The Kier molecular flexibility index (Phi) is 6.10. The number of carbonyl (C=O) groups is 1. The fourth-order valence-electron chi connectivity index (χ4n) is 4.56. The van der Waals surface area contributed by atoms with Gasteiger partial charge in [-0.1, -0.05) is 42.5 Å². The number of nitrogens with zero attached hydrogens (tertiary/aromatic N) is 4. The number of aromatic nitrogens is 3. The van der Waals surface area contributed by atoms with Gasteiger partial charge in [-0.2, -0.15) is 22.9 Å². The number of hydrogen-bond acceptors (Lipinski definition) is 4. The van der Waals surface area contributed by atoms with E-state index in [1.807, 2.05) is 6.07 Å². The molecule has 0 bridgehead atoms. The van der Waals surface area contributed by atoms with Gasteiger partial charge in [0.25, 0.3) is 5.56 Å². The predicted molar refractivity (Wildman–Crippen MR) is 138 cm³/mol. The first-order valence-corrected chi connectivity index (χ1v) is 11.6. The lowest BCUT2D eigenvalue weighted by molar-refractivity contribution is -0.140. The number of aliphatic carboxylic acids is 1. The number of para-hydroxylation sites is 2. The maximum atomic E-state index is 13.5. The summed E-state index contributed by atoms with van der Waals surface area (Å²) in [6.45, 7) is 3.31. The highest BCUT2D eigenvalue weighted by molar-refractivity contribution is 6.01. The second kappa shape index (κ2) is 9.29. The van der Waals surface area contributed by atoms with Crippen LogP contribution in [-0.4, -0.2) is 31.5 Å². The van der Waals surface area contributed by atoms with Gasteiger partial charge in [0.2, 0.25) is 0 Å². The highest BCUT2D eigenvalue weighted by Gasteiger charge is 2.31. The van der Waals surface area contributed by atoms with Crippen molar-refractivity contribution >= 4 is 34.0 Å². The van der Waals surface area contributed by atoms with Crippen LogP contribution in [0.25, 0.3) is 33.2 Å². The largest absolute Gasteiger partial charge is 0.480 e. The molecule has 0 spiro atoms. The molecule has 192 valence electrons. The second-order valence-corrected chi connectivity index (χ2v) is 8.79. The molecular weight excluding hydrogens is 497 g/mol. The summed E-state index contributed by atoms with van der Waals surface area (Å²) in [6.07, 6.45) is -3.17. The lowest BCUT2D eigenvalue weighted by Gasteiger charge is -2.13. The fourth-order valence-corrected chi connectivity index (χ4v) is 4.56. The first-order chi connectivity index (χ1) is 18.1. The highest BCUT2D eigenvalue weighted by atomic mass is 19.4. The Balaban J connectivity index is 1.75. The average Bonchev–Trinajstić information content (AvgIpc) is 3.18. The Bertz CT molecular complexity index is 1800. The first-order valence-electron chi connectivity index (χ1n) is 11.6. The SMILES string of the molecule is Cc1c(C=Nn2c(-c3cccc(C(F)(F)F)c3)nc3ccccc3c2=O)c2ccccc2n1[C@@H](C)C(=O)O. The molecule has 38 heavy (non-hydrogen) atoms. The topological polar surface area (TPSA) is 89.5 Å². The molecule has 0 amide bonds. The van der Waals surface area contributed by atoms with Gasteiger partial charge in [0.15, 0.2) is 5.82 Å². The molecule has 0 saturated carbocycles. The van der Waals surface area contributed by atoms with E-state index < -0.39 is 29.3 Å². The number of alkyl halides is 3. The highest BCUT2D eigenvalue weighted by Crippen LogP contribution is 2.32. The summed E-state index contributed by atoms with van der Waals surface area (Å²) in [7, 11) is 0. The van der Waals surface area contributed by atoms with Crippen LogP contribution >= 0.6 is 0 Å². The van der Waals surface area contributed by atoms with E-state index in [2.05, 4.69) is 10.1 Å². The maximum Gasteiger partial charge on any atom is 0.416 e. The number of hydrogen-bond donors (Lipinski definition) is 1. The molecule has 0 aliphatic rings. The quantitative estimate of drug-likeness (QED) is 0.295. The van der Waals surface area contributed by atoms with Crippen LogP contribution in [0.4, 0.5) is 13.2 Å². The van der Waals surface area contributed by atoms with Crippen molar-refractivity contribution in [3.8, 4) is 11.4 Å². The monoisotopic (exact) mass is 518 g/mol.